The van der Waals surface area contributed by atoms with Crippen LogP contribution in [0.3, 0.4) is 0 Å². The van der Waals surface area contributed by atoms with Crippen molar-refractivity contribution in [1.29, 1.82) is 0 Å². The van der Waals surface area contributed by atoms with Crippen LogP contribution < -0.4 is 4.74 Å². The number of methoxy groups -OCH3 is 1. The van der Waals surface area contributed by atoms with Gasteiger partial charge in [0.25, 0.3) is 5.89 Å². The van der Waals surface area contributed by atoms with Gasteiger partial charge in [-0.05, 0) is 29.8 Å². The minimum atomic E-state index is -4.47. The predicted octanol–water partition coefficient (Wildman–Crippen LogP) is 4.29. The van der Waals surface area contributed by atoms with E-state index in [1.165, 1.54) is 12.1 Å². The van der Waals surface area contributed by atoms with E-state index in [1.54, 1.807) is 11.8 Å². The van der Waals surface area contributed by atoms with Gasteiger partial charge in [0, 0.05) is 5.56 Å². The summed E-state index contributed by atoms with van der Waals surface area (Å²) in [6, 6.07) is 12.3. The molecule has 1 aliphatic rings. The summed E-state index contributed by atoms with van der Waals surface area (Å²) in [5, 5.41) is 12.1. The van der Waals surface area contributed by atoms with Crippen LogP contribution in [0.1, 0.15) is 22.9 Å². The van der Waals surface area contributed by atoms with Crippen molar-refractivity contribution >= 4 is 0 Å². The second-order valence-electron chi connectivity index (χ2n) is 7.14. The van der Waals surface area contributed by atoms with Gasteiger partial charge in [-0.1, -0.05) is 34.6 Å². The molecule has 11 heteroatoms. The van der Waals surface area contributed by atoms with Gasteiger partial charge >= 0.3 is 6.18 Å². The van der Waals surface area contributed by atoms with Crippen LogP contribution >= 0.6 is 0 Å². The molecule has 2 aromatic heterocycles. The van der Waals surface area contributed by atoms with Gasteiger partial charge in [0.05, 0.1) is 31.5 Å². The molecule has 5 rings (SSSR count). The van der Waals surface area contributed by atoms with Gasteiger partial charge in [-0.25, -0.2) is 4.68 Å². The fourth-order valence-electron chi connectivity index (χ4n) is 3.47. The molecule has 0 amide bonds. The first-order valence-electron chi connectivity index (χ1n) is 9.62. The zero-order valence-electron chi connectivity index (χ0n) is 16.7. The number of halogens is 3. The molecule has 4 aromatic rings. The fourth-order valence-corrected chi connectivity index (χ4v) is 3.47. The summed E-state index contributed by atoms with van der Waals surface area (Å²) in [5.41, 5.74) is 1.35. The Hall–Kier alpha value is -3.73. The van der Waals surface area contributed by atoms with E-state index in [9.17, 15) is 13.2 Å². The maximum atomic E-state index is 13.0. The molecule has 164 valence electrons. The van der Waals surface area contributed by atoms with E-state index in [0.717, 1.165) is 23.4 Å². The van der Waals surface area contributed by atoms with Crippen molar-refractivity contribution in [2.75, 3.05) is 7.11 Å². The minimum absolute atomic E-state index is 0.0284. The van der Waals surface area contributed by atoms with Gasteiger partial charge in [0.1, 0.15) is 11.9 Å². The average Bonchev–Trinajstić information content (AvgIpc) is 3.45. The number of fused-ring (bicyclic) bond motifs is 1. The van der Waals surface area contributed by atoms with Crippen molar-refractivity contribution in [2.24, 2.45) is 0 Å². The Kier molecular flexibility index (Phi) is 4.89. The first-order valence-corrected chi connectivity index (χ1v) is 9.62. The largest absolute Gasteiger partial charge is 0.497 e. The van der Waals surface area contributed by atoms with E-state index in [0.29, 0.717) is 17.9 Å². The number of rotatable bonds is 4. The summed E-state index contributed by atoms with van der Waals surface area (Å²) in [6.07, 6.45) is -4.68. The van der Waals surface area contributed by atoms with Crippen LogP contribution in [0.5, 0.6) is 5.75 Å². The van der Waals surface area contributed by atoms with E-state index in [-0.39, 0.29) is 30.0 Å². The molecule has 3 heterocycles. The highest BCUT2D eigenvalue weighted by molar-refractivity contribution is 5.59. The number of aromatic nitrogens is 5. The number of nitrogens with zero attached hydrogens (tertiary/aromatic N) is 5. The second-order valence-corrected chi connectivity index (χ2v) is 7.14. The molecule has 0 saturated carbocycles. The molecule has 1 atom stereocenters. The van der Waals surface area contributed by atoms with E-state index >= 15 is 0 Å². The summed E-state index contributed by atoms with van der Waals surface area (Å²) in [6.45, 7) is 0.642. The molecule has 0 fully saturated rings. The normalized spacial score (nSPS) is 16.1. The molecule has 0 radical (unpaired) electrons. The molecule has 0 aliphatic carbocycles. The Morgan fingerprint density at radius 3 is 2.69 bits per heavy atom. The molecule has 0 saturated heterocycles. The summed E-state index contributed by atoms with van der Waals surface area (Å²) < 4.78 is 57.1. The smallest absolute Gasteiger partial charge is 0.416 e. The van der Waals surface area contributed by atoms with Gasteiger partial charge in [-0.2, -0.15) is 18.2 Å². The lowest BCUT2D eigenvalue weighted by Crippen LogP contribution is -2.22. The number of ether oxygens (including phenoxy) is 2. The van der Waals surface area contributed by atoms with Gasteiger partial charge in [0.15, 0.2) is 5.69 Å². The monoisotopic (exact) mass is 443 g/mol. The van der Waals surface area contributed by atoms with Crippen LogP contribution in [-0.4, -0.2) is 32.2 Å². The summed E-state index contributed by atoms with van der Waals surface area (Å²) in [5.74, 6) is 0.840. The Morgan fingerprint density at radius 1 is 1.12 bits per heavy atom. The molecule has 2 aromatic carbocycles. The van der Waals surface area contributed by atoms with E-state index in [1.807, 2.05) is 24.3 Å². The van der Waals surface area contributed by atoms with Crippen molar-refractivity contribution in [3.05, 3.63) is 65.4 Å². The fraction of sp³-hybridized carbons (Fsp3) is 0.238. The maximum Gasteiger partial charge on any atom is 0.416 e. The zero-order chi connectivity index (χ0) is 22.3. The van der Waals surface area contributed by atoms with Crippen molar-refractivity contribution in [3.63, 3.8) is 0 Å². The molecular weight excluding hydrogens is 427 g/mol. The van der Waals surface area contributed by atoms with Crippen LogP contribution in [0.25, 0.3) is 23.0 Å². The SMILES string of the molecule is COc1ccc([C@@H]2Cn3nnc(-c4nc(-c5cccc(C(F)(F)F)c5)no4)c3CO2)cc1. The van der Waals surface area contributed by atoms with Gasteiger partial charge in [0.2, 0.25) is 5.82 Å². The van der Waals surface area contributed by atoms with Crippen LogP contribution in [0, 0.1) is 0 Å². The first-order chi connectivity index (χ1) is 15.4. The van der Waals surface area contributed by atoms with Crippen molar-refractivity contribution < 1.29 is 27.2 Å². The van der Waals surface area contributed by atoms with E-state index < -0.39 is 11.7 Å². The van der Waals surface area contributed by atoms with Gasteiger partial charge in [-0.3, -0.25) is 0 Å². The highest BCUT2D eigenvalue weighted by Gasteiger charge is 2.31. The van der Waals surface area contributed by atoms with Crippen LogP contribution in [0.4, 0.5) is 13.2 Å². The lowest BCUT2D eigenvalue weighted by atomic mass is 10.1. The topological polar surface area (TPSA) is 88.1 Å². The zero-order valence-corrected chi connectivity index (χ0v) is 16.7. The molecule has 0 bridgehead atoms. The van der Waals surface area contributed by atoms with Crippen LogP contribution in [0.2, 0.25) is 0 Å². The highest BCUT2D eigenvalue weighted by atomic mass is 19.4. The average molecular weight is 443 g/mol. The molecule has 0 unspecified atom stereocenters. The molecular formula is C21H16F3N5O3. The molecule has 1 aliphatic heterocycles. The van der Waals surface area contributed by atoms with Crippen molar-refractivity contribution in [2.45, 2.75) is 25.4 Å². The molecule has 0 N–H and O–H groups in total. The number of hydrogen-bond acceptors (Lipinski definition) is 7. The van der Waals surface area contributed by atoms with Gasteiger partial charge in [-0.15, -0.1) is 5.10 Å². The lowest BCUT2D eigenvalue weighted by Gasteiger charge is -2.24. The number of alkyl halides is 3. The second kappa shape index (κ2) is 7.75. The van der Waals surface area contributed by atoms with E-state index in [2.05, 4.69) is 20.5 Å². The summed E-state index contributed by atoms with van der Waals surface area (Å²) in [4.78, 5) is 4.22. The third kappa shape index (κ3) is 3.71. The third-order valence-electron chi connectivity index (χ3n) is 5.16. The molecule has 8 nitrogen and oxygen atoms in total. The third-order valence-corrected chi connectivity index (χ3v) is 5.16. The number of hydrogen-bond donors (Lipinski definition) is 0. The van der Waals surface area contributed by atoms with Crippen LogP contribution in [0.15, 0.2) is 53.1 Å². The summed E-state index contributed by atoms with van der Waals surface area (Å²) >= 11 is 0. The number of benzene rings is 2. The Morgan fingerprint density at radius 2 is 1.94 bits per heavy atom. The highest BCUT2D eigenvalue weighted by Crippen LogP contribution is 2.33. The molecule has 32 heavy (non-hydrogen) atoms. The first kappa shape index (κ1) is 20.2. The van der Waals surface area contributed by atoms with E-state index in [4.69, 9.17) is 14.0 Å². The maximum absolute atomic E-state index is 13.0. The minimum Gasteiger partial charge on any atom is -0.497 e. The van der Waals surface area contributed by atoms with Crippen molar-refractivity contribution in [3.8, 4) is 28.7 Å². The Labute approximate surface area is 179 Å². The van der Waals surface area contributed by atoms with Crippen molar-refractivity contribution in [1.82, 2.24) is 25.1 Å². The Bertz CT molecular complexity index is 1250. The Balaban J connectivity index is 1.38. The predicted molar refractivity (Wildman–Crippen MR) is 104 cm³/mol. The summed E-state index contributed by atoms with van der Waals surface area (Å²) in [7, 11) is 1.60. The quantitative estimate of drug-likeness (QED) is 0.465. The standard InChI is InChI=1S/C21H16F3N5O3/c1-30-15-7-5-12(6-8-15)17-10-29-16(11-31-17)18(26-28-29)20-25-19(27-32-20)13-3-2-4-14(9-13)21(22,23)24/h2-9,17H,10-11H2,1H3/t17-/m0/s1. The molecule has 0 spiro atoms. The van der Waals surface area contributed by atoms with Crippen LogP contribution in [-0.2, 0) is 24.1 Å². The lowest BCUT2D eigenvalue weighted by molar-refractivity contribution is -0.137. The van der Waals surface area contributed by atoms with Gasteiger partial charge < -0.3 is 14.0 Å².